The molecule has 0 bridgehead atoms. The molecule has 1 unspecified atom stereocenters. The second kappa shape index (κ2) is 7.86. The number of para-hydroxylation sites is 2. The number of halogens is 1. The molecule has 4 aromatic rings. The molecule has 0 N–H and O–H groups in total. The van der Waals surface area contributed by atoms with Gasteiger partial charge in [-0.25, -0.2) is 9.78 Å². The van der Waals surface area contributed by atoms with Crippen LogP contribution in [0.5, 0.6) is 0 Å². The van der Waals surface area contributed by atoms with Crippen LogP contribution in [0.1, 0.15) is 18.7 Å². The number of nitrogens with zero attached hydrogens (tertiary/aromatic N) is 5. The van der Waals surface area contributed by atoms with Crippen LogP contribution in [-0.4, -0.2) is 55.8 Å². The van der Waals surface area contributed by atoms with Crippen molar-refractivity contribution >= 4 is 34.3 Å². The van der Waals surface area contributed by atoms with Crippen molar-refractivity contribution in [3.63, 3.8) is 0 Å². The Kier molecular flexibility index (Phi) is 5.03. The van der Waals surface area contributed by atoms with Crippen LogP contribution in [0.4, 0.5) is 0 Å². The van der Waals surface area contributed by atoms with E-state index in [2.05, 4.69) is 9.88 Å². The number of fused-ring (bicyclic) bond motifs is 2. The second-order valence-electron chi connectivity index (χ2n) is 7.83. The van der Waals surface area contributed by atoms with Gasteiger partial charge in [0, 0.05) is 45.1 Å². The zero-order chi connectivity index (χ0) is 21.5. The van der Waals surface area contributed by atoms with Crippen molar-refractivity contribution in [1.82, 2.24) is 23.8 Å². The molecular formula is C22H22ClN5O3. The lowest BCUT2D eigenvalue weighted by atomic mass is 10.2. The number of benzene rings is 1. The van der Waals surface area contributed by atoms with E-state index < -0.39 is 11.8 Å². The van der Waals surface area contributed by atoms with Gasteiger partial charge in [0.2, 0.25) is 5.91 Å². The van der Waals surface area contributed by atoms with Crippen LogP contribution in [-0.2, 0) is 11.3 Å². The van der Waals surface area contributed by atoms with Gasteiger partial charge in [0.25, 0.3) is 0 Å². The van der Waals surface area contributed by atoms with E-state index in [1.54, 1.807) is 25.1 Å². The summed E-state index contributed by atoms with van der Waals surface area (Å²) in [6.07, 6.45) is 3.82. The molecule has 1 atom stereocenters. The molecular weight excluding hydrogens is 418 g/mol. The van der Waals surface area contributed by atoms with E-state index in [9.17, 15) is 9.59 Å². The Morgan fingerprint density at radius 3 is 2.71 bits per heavy atom. The largest absolute Gasteiger partial charge is 0.420 e. The maximum absolute atomic E-state index is 13.1. The summed E-state index contributed by atoms with van der Waals surface area (Å²) in [6.45, 7) is 5.16. The lowest BCUT2D eigenvalue weighted by Crippen LogP contribution is -2.50. The minimum Gasteiger partial charge on any atom is -0.408 e. The Hall–Kier alpha value is -3.10. The molecule has 1 amide bonds. The molecule has 1 aliphatic rings. The molecule has 31 heavy (non-hydrogen) atoms. The third kappa shape index (κ3) is 3.73. The van der Waals surface area contributed by atoms with E-state index in [-0.39, 0.29) is 5.91 Å². The molecule has 160 valence electrons. The summed E-state index contributed by atoms with van der Waals surface area (Å²) in [7, 11) is 0. The molecule has 5 rings (SSSR count). The minimum absolute atomic E-state index is 0.0734. The van der Waals surface area contributed by atoms with Crippen LogP contribution < -0.4 is 5.76 Å². The van der Waals surface area contributed by atoms with E-state index in [0.29, 0.717) is 35.8 Å². The number of rotatable bonds is 4. The number of hydrogen-bond donors (Lipinski definition) is 0. The number of amides is 1. The fourth-order valence-electron chi connectivity index (χ4n) is 4.17. The van der Waals surface area contributed by atoms with Gasteiger partial charge in [-0.1, -0.05) is 23.7 Å². The summed E-state index contributed by atoms with van der Waals surface area (Å²) >= 11 is 6.05. The molecule has 9 heteroatoms. The fraction of sp³-hybridized carbons (Fsp3) is 0.318. The predicted molar refractivity (Wildman–Crippen MR) is 117 cm³/mol. The van der Waals surface area contributed by atoms with Gasteiger partial charge in [0.05, 0.1) is 16.2 Å². The zero-order valence-electron chi connectivity index (χ0n) is 17.1. The maximum Gasteiger partial charge on any atom is 0.420 e. The van der Waals surface area contributed by atoms with Crippen molar-refractivity contribution in [2.75, 3.05) is 26.2 Å². The Balaban J connectivity index is 1.24. The number of carbonyl (C=O) groups excluding carboxylic acids is 1. The van der Waals surface area contributed by atoms with Crippen molar-refractivity contribution in [3.05, 3.63) is 70.1 Å². The molecule has 1 aliphatic heterocycles. The highest BCUT2D eigenvalue weighted by molar-refractivity contribution is 6.30. The summed E-state index contributed by atoms with van der Waals surface area (Å²) in [4.78, 5) is 34.1. The topological polar surface area (TPSA) is 76.0 Å². The smallest absolute Gasteiger partial charge is 0.408 e. The van der Waals surface area contributed by atoms with E-state index in [4.69, 9.17) is 16.0 Å². The standard InChI is InChI=1S/C22H22ClN5O3/c1-15(28-18-4-2-3-5-19(18)31-22(28)30)21(29)26-10-8-25(9-11-26)13-17-14-27-12-16(23)6-7-20(27)24-17/h2-7,12,14-15H,8-11,13H2,1H3. The van der Waals surface area contributed by atoms with Gasteiger partial charge in [-0.2, -0.15) is 0 Å². The van der Waals surface area contributed by atoms with Gasteiger partial charge < -0.3 is 13.7 Å². The summed E-state index contributed by atoms with van der Waals surface area (Å²) in [6, 6.07) is 10.3. The lowest BCUT2D eigenvalue weighted by molar-refractivity contribution is -0.136. The number of hydrogen-bond acceptors (Lipinski definition) is 5. The van der Waals surface area contributed by atoms with E-state index in [1.807, 2.05) is 39.9 Å². The first-order valence-corrected chi connectivity index (χ1v) is 10.6. The SMILES string of the molecule is CC(C(=O)N1CCN(Cc2cn3cc(Cl)ccc3n2)CC1)n1c(=O)oc2ccccc21. The Morgan fingerprint density at radius 2 is 1.90 bits per heavy atom. The van der Waals surface area contributed by atoms with E-state index >= 15 is 0 Å². The first-order chi connectivity index (χ1) is 15.0. The third-order valence-electron chi connectivity index (χ3n) is 5.80. The van der Waals surface area contributed by atoms with Crippen LogP contribution in [0.15, 0.2) is 58.0 Å². The third-order valence-corrected chi connectivity index (χ3v) is 6.02. The summed E-state index contributed by atoms with van der Waals surface area (Å²) < 4.78 is 8.64. The first-order valence-electron chi connectivity index (χ1n) is 10.2. The quantitative estimate of drug-likeness (QED) is 0.488. The van der Waals surface area contributed by atoms with Crippen molar-refractivity contribution in [2.45, 2.75) is 19.5 Å². The monoisotopic (exact) mass is 439 g/mol. The van der Waals surface area contributed by atoms with Crippen LogP contribution in [0.2, 0.25) is 5.02 Å². The molecule has 1 saturated heterocycles. The highest BCUT2D eigenvalue weighted by Crippen LogP contribution is 2.19. The van der Waals surface area contributed by atoms with Crippen LogP contribution in [0.3, 0.4) is 0 Å². The molecule has 0 spiro atoms. The molecule has 0 radical (unpaired) electrons. The number of imidazole rings is 1. The normalized spacial score (nSPS) is 16.3. The molecule has 0 saturated carbocycles. The van der Waals surface area contributed by atoms with Crippen LogP contribution in [0.25, 0.3) is 16.7 Å². The summed E-state index contributed by atoms with van der Waals surface area (Å²) in [5, 5.41) is 0.669. The van der Waals surface area contributed by atoms with Gasteiger partial charge in [-0.3, -0.25) is 14.3 Å². The molecule has 1 fully saturated rings. The van der Waals surface area contributed by atoms with Crippen LogP contribution in [0, 0.1) is 0 Å². The maximum atomic E-state index is 13.1. The number of aromatic nitrogens is 3. The van der Waals surface area contributed by atoms with Gasteiger partial charge in [0.1, 0.15) is 11.7 Å². The second-order valence-corrected chi connectivity index (χ2v) is 8.26. The van der Waals surface area contributed by atoms with Crippen molar-refractivity contribution in [3.8, 4) is 0 Å². The van der Waals surface area contributed by atoms with Gasteiger partial charge in [0.15, 0.2) is 5.58 Å². The van der Waals surface area contributed by atoms with Crippen LogP contribution >= 0.6 is 11.6 Å². The number of piperazine rings is 1. The van der Waals surface area contributed by atoms with E-state index in [1.165, 1.54) is 4.57 Å². The van der Waals surface area contributed by atoms with Crippen molar-refractivity contribution in [2.24, 2.45) is 0 Å². The molecule has 1 aromatic carbocycles. The molecule has 3 aromatic heterocycles. The Bertz CT molecular complexity index is 1320. The Labute approximate surface area is 183 Å². The lowest BCUT2D eigenvalue weighted by Gasteiger charge is -2.35. The zero-order valence-corrected chi connectivity index (χ0v) is 17.8. The number of carbonyl (C=O) groups is 1. The average molecular weight is 440 g/mol. The average Bonchev–Trinajstić information content (AvgIpc) is 3.32. The number of oxazole rings is 1. The first kappa shape index (κ1) is 19.8. The minimum atomic E-state index is -0.620. The molecule has 0 aliphatic carbocycles. The predicted octanol–water partition coefficient (Wildman–Crippen LogP) is 2.80. The van der Waals surface area contributed by atoms with Crippen molar-refractivity contribution < 1.29 is 9.21 Å². The summed E-state index contributed by atoms with van der Waals surface area (Å²) in [5.74, 6) is -0.580. The van der Waals surface area contributed by atoms with Crippen molar-refractivity contribution in [1.29, 1.82) is 0 Å². The van der Waals surface area contributed by atoms with Gasteiger partial charge >= 0.3 is 5.76 Å². The van der Waals surface area contributed by atoms with Gasteiger partial charge in [-0.15, -0.1) is 0 Å². The van der Waals surface area contributed by atoms with Gasteiger partial charge in [-0.05, 0) is 31.2 Å². The highest BCUT2D eigenvalue weighted by atomic mass is 35.5. The highest BCUT2D eigenvalue weighted by Gasteiger charge is 2.28. The fourth-order valence-corrected chi connectivity index (χ4v) is 4.34. The molecule has 4 heterocycles. The summed E-state index contributed by atoms with van der Waals surface area (Å²) in [5.41, 5.74) is 2.95. The number of pyridine rings is 1. The Morgan fingerprint density at radius 1 is 1.13 bits per heavy atom. The molecule has 8 nitrogen and oxygen atoms in total. The van der Waals surface area contributed by atoms with E-state index in [0.717, 1.165) is 24.4 Å².